The van der Waals surface area contributed by atoms with Crippen LogP contribution in [0.25, 0.3) is 6.08 Å². The third kappa shape index (κ3) is 3.78. The number of nitrogens with zero attached hydrogens (tertiary/aromatic N) is 3. The lowest BCUT2D eigenvalue weighted by Gasteiger charge is -2.31. The number of amides is 1. The lowest BCUT2D eigenvalue weighted by Crippen LogP contribution is -2.37. The zero-order valence-corrected chi connectivity index (χ0v) is 14.8. The second kappa shape index (κ2) is 6.79. The highest BCUT2D eigenvalue weighted by atomic mass is 32.2. The second-order valence-electron chi connectivity index (χ2n) is 6.49. The van der Waals surface area contributed by atoms with Gasteiger partial charge in [-0.05, 0) is 54.3 Å². The van der Waals surface area contributed by atoms with Crippen LogP contribution in [0.15, 0.2) is 34.2 Å². The van der Waals surface area contributed by atoms with E-state index in [-0.39, 0.29) is 5.91 Å². The van der Waals surface area contributed by atoms with Gasteiger partial charge in [0.1, 0.15) is 0 Å². The van der Waals surface area contributed by atoms with Gasteiger partial charge in [0.15, 0.2) is 5.17 Å². The van der Waals surface area contributed by atoms with E-state index in [9.17, 15) is 4.79 Å². The third-order valence-corrected chi connectivity index (χ3v) is 5.29. The van der Waals surface area contributed by atoms with E-state index < -0.39 is 0 Å². The van der Waals surface area contributed by atoms with Gasteiger partial charge in [-0.25, -0.2) is 0 Å². The van der Waals surface area contributed by atoms with E-state index in [1.807, 2.05) is 32.3 Å². The van der Waals surface area contributed by atoms with Crippen LogP contribution in [0.2, 0.25) is 0 Å². The summed E-state index contributed by atoms with van der Waals surface area (Å²) in [5.41, 5.74) is 2.19. The Hall–Kier alpha value is -1.75. The van der Waals surface area contributed by atoms with Crippen molar-refractivity contribution in [3.05, 3.63) is 34.7 Å². The molecule has 4 nitrogen and oxygen atoms in total. The Kier molecular flexibility index (Phi) is 4.76. The van der Waals surface area contributed by atoms with Crippen molar-refractivity contribution in [2.45, 2.75) is 19.8 Å². The number of aliphatic imine (C=N–C) groups is 1. The molecule has 1 saturated heterocycles. The standard InChI is InChI=1S/C18H23N3OS/c1-13-5-4-10-21(12-13)18-19-17(22)16(23-18)11-14-6-8-15(9-7-14)20(2)3/h6-9,11,13H,4-5,10,12H2,1-3H3/b16-11+/t13-/m1/s1. The summed E-state index contributed by atoms with van der Waals surface area (Å²) in [7, 11) is 4.03. The van der Waals surface area contributed by atoms with Crippen LogP contribution >= 0.6 is 11.8 Å². The summed E-state index contributed by atoms with van der Waals surface area (Å²) in [5, 5.41) is 0.873. The summed E-state index contributed by atoms with van der Waals surface area (Å²) >= 11 is 1.51. The summed E-state index contributed by atoms with van der Waals surface area (Å²) in [5.74, 6) is 0.564. The quantitative estimate of drug-likeness (QED) is 0.779. The third-order valence-electron chi connectivity index (χ3n) is 4.24. The van der Waals surface area contributed by atoms with Crippen molar-refractivity contribution in [2.24, 2.45) is 10.9 Å². The Morgan fingerprint density at radius 2 is 2.04 bits per heavy atom. The molecule has 23 heavy (non-hydrogen) atoms. The molecule has 0 aromatic heterocycles. The Labute approximate surface area is 142 Å². The highest BCUT2D eigenvalue weighted by molar-refractivity contribution is 8.18. The zero-order chi connectivity index (χ0) is 16.4. The van der Waals surface area contributed by atoms with Gasteiger partial charge < -0.3 is 9.80 Å². The summed E-state index contributed by atoms with van der Waals surface area (Å²) in [6.45, 7) is 4.27. The van der Waals surface area contributed by atoms with Gasteiger partial charge in [0.05, 0.1) is 4.91 Å². The molecule has 0 radical (unpaired) electrons. The largest absolute Gasteiger partial charge is 0.378 e. The molecule has 5 heteroatoms. The first kappa shape index (κ1) is 16.1. The predicted octanol–water partition coefficient (Wildman–Crippen LogP) is 3.45. The molecule has 2 aliphatic rings. The number of carbonyl (C=O) groups is 1. The topological polar surface area (TPSA) is 35.9 Å². The van der Waals surface area contributed by atoms with Gasteiger partial charge >= 0.3 is 0 Å². The van der Waals surface area contributed by atoms with E-state index in [0.29, 0.717) is 5.92 Å². The summed E-state index contributed by atoms with van der Waals surface area (Å²) in [6.07, 6.45) is 4.39. The first-order valence-corrected chi connectivity index (χ1v) is 8.89. The number of likely N-dealkylation sites (tertiary alicyclic amines) is 1. The number of hydrogen-bond donors (Lipinski definition) is 0. The first-order valence-electron chi connectivity index (χ1n) is 8.08. The maximum Gasteiger partial charge on any atom is 0.286 e. The number of hydrogen-bond acceptors (Lipinski definition) is 4. The normalized spacial score (nSPS) is 23.3. The van der Waals surface area contributed by atoms with E-state index >= 15 is 0 Å². The van der Waals surface area contributed by atoms with Gasteiger partial charge in [0.25, 0.3) is 5.91 Å². The van der Waals surface area contributed by atoms with Crippen molar-refractivity contribution in [1.82, 2.24) is 4.90 Å². The number of thioether (sulfide) groups is 1. The number of piperidine rings is 1. The highest BCUT2D eigenvalue weighted by Crippen LogP contribution is 2.32. The van der Waals surface area contributed by atoms with Crippen LogP contribution in [0, 0.1) is 5.92 Å². The molecule has 122 valence electrons. The van der Waals surface area contributed by atoms with Crippen LogP contribution in [-0.4, -0.2) is 43.2 Å². The van der Waals surface area contributed by atoms with Crippen LogP contribution in [0.4, 0.5) is 5.69 Å². The fourth-order valence-corrected chi connectivity index (χ4v) is 3.86. The van der Waals surface area contributed by atoms with Gasteiger partial charge in [-0.2, -0.15) is 4.99 Å². The van der Waals surface area contributed by atoms with Crippen LogP contribution in [0.3, 0.4) is 0 Å². The summed E-state index contributed by atoms with van der Waals surface area (Å²) in [6, 6.07) is 8.20. The monoisotopic (exact) mass is 329 g/mol. The van der Waals surface area contributed by atoms with Crippen molar-refractivity contribution in [3.63, 3.8) is 0 Å². The van der Waals surface area contributed by atoms with Crippen molar-refractivity contribution >= 4 is 34.6 Å². The van der Waals surface area contributed by atoms with E-state index in [0.717, 1.165) is 34.4 Å². The van der Waals surface area contributed by atoms with Crippen LogP contribution in [0.1, 0.15) is 25.3 Å². The molecule has 1 atom stereocenters. The van der Waals surface area contributed by atoms with Crippen molar-refractivity contribution in [1.29, 1.82) is 0 Å². The molecule has 3 rings (SSSR count). The number of benzene rings is 1. The van der Waals surface area contributed by atoms with Gasteiger partial charge in [-0.15, -0.1) is 0 Å². The average molecular weight is 329 g/mol. The van der Waals surface area contributed by atoms with Crippen molar-refractivity contribution < 1.29 is 4.79 Å². The van der Waals surface area contributed by atoms with Gasteiger partial charge in [0.2, 0.25) is 0 Å². The van der Waals surface area contributed by atoms with Crippen LogP contribution in [0.5, 0.6) is 0 Å². The average Bonchev–Trinajstić information content (AvgIpc) is 2.89. The fourth-order valence-electron chi connectivity index (χ4n) is 2.92. The van der Waals surface area contributed by atoms with E-state index in [4.69, 9.17) is 0 Å². The van der Waals surface area contributed by atoms with Crippen molar-refractivity contribution in [3.8, 4) is 0 Å². The van der Waals surface area contributed by atoms with Crippen molar-refractivity contribution in [2.75, 3.05) is 32.1 Å². The molecule has 1 amide bonds. The smallest absolute Gasteiger partial charge is 0.286 e. The minimum absolute atomic E-state index is 0.111. The molecule has 0 unspecified atom stereocenters. The van der Waals surface area contributed by atoms with Gasteiger partial charge in [-0.1, -0.05) is 19.1 Å². The molecule has 2 aliphatic heterocycles. The van der Waals surface area contributed by atoms with E-state index in [1.54, 1.807) is 0 Å². The molecule has 1 aromatic carbocycles. The number of anilines is 1. The Morgan fingerprint density at radius 1 is 1.30 bits per heavy atom. The van der Waals surface area contributed by atoms with Crippen LogP contribution < -0.4 is 4.90 Å². The summed E-state index contributed by atoms with van der Waals surface area (Å²) < 4.78 is 0. The molecule has 1 aromatic rings. The minimum atomic E-state index is -0.111. The first-order chi connectivity index (χ1) is 11.0. The highest BCUT2D eigenvalue weighted by Gasteiger charge is 2.28. The molecule has 1 fully saturated rings. The Morgan fingerprint density at radius 3 is 2.70 bits per heavy atom. The maximum absolute atomic E-state index is 12.2. The predicted molar refractivity (Wildman–Crippen MR) is 98.8 cm³/mol. The van der Waals surface area contributed by atoms with Gasteiger partial charge in [-0.3, -0.25) is 4.79 Å². The zero-order valence-electron chi connectivity index (χ0n) is 14.0. The lowest BCUT2D eigenvalue weighted by atomic mass is 10.0. The Bertz CT molecular complexity index is 649. The van der Waals surface area contributed by atoms with E-state index in [1.165, 1.54) is 24.6 Å². The van der Waals surface area contributed by atoms with Crippen LogP contribution in [-0.2, 0) is 4.79 Å². The minimum Gasteiger partial charge on any atom is -0.378 e. The molecule has 0 bridgehead atoms. The SMILES string of the molecule is C[C@@H]1CCCN(C2=NC(=O)/C(=C\c3ccc(N(C)C)cc3)S2)C1. The summed E-state index contributed by atoms with van der Waals surface area (Å²) in [4.78, 5) is 21.5. The molecule has 0 saturated carbocycles. The van der Waals surface area contributed by atoms with E-state index in [2.05, 4.69) is 33.8 Å². The number of rotatable bonds is 2. The Balaban J connectivity index is 1.71. The maximum atomic E-state index is 12.2. The number of amidine groups is 1. The second-order valence-corrected chi connectivity index (χ2v) is 7.50. The number of carbonyl (C=O) groups excluding carboxylic acids is 1. The molecule has 0 aliphatic carbocycles. The molecule has 2 heterocycles. The fraction of sp³-hybridized carbons (Fsp3) is 0.444. The molecule has 0 N–H and O–H groups in total. The van der Waals surface area contributed by atoms with Gasteiger partial charge in [0, 0.05) is 32.9 Å². The molecular weight excluding hydrogens is 306 g/mol. The molecule has 0 spiro atoms. The lowest BCUT2D eigenvalue weighted by molar-refractivity contribution is -0.113. The molecular formula is C18H23N3OS.